The lowest BCUT2D eigenvalue weighted by atomic mass is 9.89. The molecule has 0 spiro atoms. The van der Waals surface area contributed by atoms with Crippen molar-refractivity contribution in [1.29, 1.82) is 0 Å². The monoisotopic (exact) mass is 316 g/mol. The van der Waals surface area contributed by atoms with Crippen LogP contribution in [0.3, 0.4) is 0 Å². The first-order valence-electron chi connectivity index (χ1n) is 9.32. The van der Waals surface area contributed by atoms with E-state index in [-0.39, 0.29) is 5.91 Å². The Morgan fingerprint density at radius 3 is 2.48 bits per heavy atom. The largest absolute Gasteiger partial charge is 0.337 e. The zero-order chi connectivity index (χ0) is 15.8. The topological polar surface area (TPSA) is 41.4 Å². The van der Waals surface area contributed by atoms with Gasteiger partial charge in [-0.05, 0) is 58.0 Å². The molecule has 2 saturated heterocycles. The van der Waals surface area contributed by atoms with Crippen LogP contribution in [0.4, 0.5) is 0 Å². The highest BCUT2D eigenvalue weighted by molar-refractivity contribution is 5.94. The van der Waals surface area contributed by atoms with Gasteiger partial charge < -0.3 is 9.80 Å². The van der Waals surface area contributed by atoms with E-state index in [0.717, 1.165) is 44.5 Å². The van der Waals surface area contributed by atoms with Crippen molar-refractivity contribution >= 4 is 5.91 Å². The second-order valence-electron chi connectivity index (χ2n) is 7.39. The number of aromatic nitrogens is 2. The molecule has 1 amide bonds. The molecule has 3 aliphatic rings. The molecule has 1 atom stereocenters. The number of likely N-dealkylation sites (tertiary alicyclic amines) is 2. The predicted octanol–water partition coefficient (Wildman–Crippen LogP) is 2.00. The van der Waals surface area contributed by atoms with E-state index in [4.69, 9.17) is 0 Å². The van der Waals surface area contributed by atoms with E-state index in [1.54, 1.807) is 0 Å². The van der Waals surface area contributed by atoms with E-state index < -0.39 is 0 Å². The molecule has 4 rings (SSSR count). The Hall–Kier alpha value is -1.36. The van der Waals surface area contributed by atoms with Crippen molar-refractivity contribution in [3.63, 3.8) is 0 Å². The molecule has 23 heavy (non-hydrogen) atoms. The predicted molar refractivity (Wildman–Crippen MR) is 89.6 cm³/mol. The van der Waals surface area contributed by atoms with Crippen molar-refractivity contribution in [3.05, 3.63) is 17.0 Å². The van der Waals surface area contributed by atoms with E-state index in [9.17, 15) is 4.79 Å². The van der Waals surface area contributed by atoms with E-state index >= 15 is 0 Å². The highest BCUT2D eigenvalue weighted by Gasteiger charge is 2.33. The van der Waals surface area contributed by atoms with Crippen LogP contribution in [0.15, 0.2) is 0 Å². The normalized spacial score (nSPS) is 25.6. The van der Waals surface area contributed by atoms with Gasteiger partial charge in [0, 0.05) is 37.4 Å². The standard InChI is InChI=1S/C18H28N4O/c1-20-16-8-7-14(21-9-3-2-4-10-21)13-15(16)17(19-20)18(23)22-11-5-6-12-22/h14H,2-13H2,1H3/t14-/m1/s1. The number of nitrogens with zero attached hydrogens (tertiary/aromatic N) is 4. The first-order chi connectivity index (χ1) is 11.2. The molecule has 2 fully saturated rings. The zero-order valence-corrected chi connectivity index (χ0v) is 14.3. The Balaban J connectivity index is 1.57. The van der Waals surface area contributed by atoms with Crippen LogP contribution < -0.4 is 0 Å². The number of rotatable bonds is 2. The summed E-state index contributed by atoms with van der Waals surface area (Å²) in [7, 11) is 2.00. The highest BCUT2D eigenvalue weighted by atomic mass is 16.2. The van der Waals surface area contributed by atoms with Crippen LogP contribution in [0.2, 0.25) is 0 Å². The van der Waals surface area contributed by atoms with E-state index in [2.05, 4.69) is 10.00 Å². The maximum Gasteiger partial charge on any atom is 0.274 e. The van der Waals surface area contributed by atoms with Gasteiger partial charge in [-0.15, -0.1) is 0 Å². The lowest BCUT2D eigenvalue weighted by Crippen LogP contribution is -2.42. The Morgan fingerprint density at radius 1 is 1.04 bits per heavy atom. The molecule has 5 heteroatoms. The van der Waals surface area contributed by atoms with Crippen molar-refractivity contribution in [2.75, 3.05) is 26.2 Å². The van der Waals surface area contributed by atoms with Crippen LogP contribution >= 0.6 is 0 Å². The maximum atomic E-state index is 12.9. The Labute approximate surface area is 138 Å². The maximum absolute atomic E-state index is 12.9. The number of carbonyl (C=O) groups excluding carboxylic acids is 1. The molecule has 2 aliphatic heterocycles. The van der Waals surface area contributed by atoms with Gasteiger partial charge in [0.25, 0.3) is 5.91 Å². The van der Waals surface area contributed by atoms with E-state index in [0.29, 0.717) is 6.04 Å². The SMILES string of the molecule is Cn1nc(C(=O)N2CCCC2)c2c1CC[C@@H](N1CCCCC1)C2. The van der Waals surface area contributed by atoms with Crippen LogP contribution in [0, 0.1) is 0 Å². The fourth-order valence-corrected chi connectivity index (χ4v) is 4.61. The third-order valence-corrected chi connectivity index (χ3v) is 5.93. The first-order valence-corrected chi connectivity index (χ1v) is 9.32. The molecule has 5 nitrogen and oxygen atoms in total. The van der Waals surface area contributed by atoms with Crippen molar-refractivity contribution in [2.24, 2.45) is 7.05 Å². The number of hydrogen-bond acceptors (Lipinski definition) is 3. The molecule has 0 saturated carbocycles. The smallest absolute Gasteiger partial charge is 0.274 e. The average molecular weight is 316 g/mol. The summed E-state index contributed by atoms with van der Waals surface area (Å²) in [6.45, 7) is 4.27. The van der Waals surface area contributed by atoms with Gasteiger partial charge in [0.15, 0.2) is 5.69 Å². The third-order valence-electron chi connectivity index (χ3n) is 5.93. The minimum Gasteiger partial charge on any atom is -0.337 e. The van der Waals surface area contributed by atoms with Gasteiger partial charge >= 0.3 is 0 Å². The van der Waals surface area contributed by atoms with Crippen molar-refractivity contribution < 1.29 is 4.79 Å². The summed E-state index contributed by atoms with van der Waals surface area (Å²) in [5.41, 5.74) is 3.28. The molecule has 1 aromatic heterocycles. The Bertz CT molecular complexity index is 582. The molecule has 0 unspecified atom stereocenters. The first kappa shape index (κ1) is 15.2. The fraction of sp³-hybridized carbons (Fsp3) is 0.778. The third kappa shape index (κ3) is 2.80. The van der Waals surface area contributed by atoms with Crippen LogP contribution in [0.25, 0.3) is 0 Å². The summed E-state index contributed by atoms with van der Waals surface area (Å²) < 4.78 is 1.96. The lowest BCUT2D eigenvalue weighted by molar-refractivity contribution is 0.0784. The second kappa shape index (κ2) is 6.27. The quantitative estimate of drug-likeness (QED) is 0.838. The van der Waals surface area contributed by atoms with Gasteiger partial charge in [-0.3, -0.25) is 9.48 Å². The molecule has 0 radical (unpaired) electrons. The summed E-state index contributed by atoms with van der Waals surface area (Å²) in [5, 5.41) is 4.62. The average Bonchev–Trinajstić information content (AvgIpc) is 3.23. The van der Waals surface area contributed by atoms with Gasteiger partial charge in [-0.25, -0.2) is 0 Å². The molecular formula is C18H28N4O. The Kier molecular flexibility index (Phi) is 4.14. The fourth-order valence-electron chi connectivity index (χ4n) is 4.61. The van der Waals surface area contributed by atoms with Crippen molar-refractivity contribution in [1.82, 2.24) is 19.6 Å². The summed E-state index contributed by atoms with van der Waals surface area (Å²) in [6, 6.07) is 0.608. The summed E-state index contributed by atoms with van der Waals surface area (Å²) in [4.78, 5) is 17.5. The molecule has 0 N–H and O–H groups in total. The highest BCUT2D eigenvalue weighted by Crippen LogP contribution is 2.29. The number of hydrogen-bond donors (Lipinski definition) is 0. The van der Waals surface area contributed by atoms with Crippen molar-refractivity contribution in [2.45, 2.75) is 57.4 Å². The molecule has 1 aliphatic carbocycles. The number of fused-ring (bicyclic) bond motifs is 1. The molecule has 1 aromatic rings. The summed E-state index contributed by atoms with van der Waals surface area (Å²) in [6.07, 6.45) is 9.59. The molecule has 126 valence electrons. The van der Waals surface area contributed by atoms with E-state index in [1.807, 2.05) is 16.6 Å². The minimum absolute atomic E-state index is 0.165. The van der Waals surface area contributed by atoms with Gasteiger partial charge in [-0.1, -0.05) is 6.42 Å². The van der Waals surface area contributed by atoms with Crippen LogP contribution in [0.1, 0.15) is 60.3 Å². The summed E-state index contributed by atoms with van der Waals surface area (Å²) in [5.74, 6) is 0.165. The van der Waals surface area contributed by atoms with Crippen LogP contribution in [-0.2, 0) is 19.9 Å². The van der Waals surface area contributed by atoms with Gasteiger partial charge in [0.2, 0.25) is 0 Å². The van der Waals surface area contributed by atoms with Crippen LogP contribution in [-0.4, -0.2) is 57.7 Å². The zero-order valence-electron chi connectivity index (χ0n) is 14.3. The molecule has 0 bridgehead atoms. The number of aryl methyl sites for hydroxylation is 1. The number of carbonyl (C=O) groups is 1. The minimum atomic E-state index is 0.165. The lowest BCUT2D eigenvalue weighted by Gasteiger charge is -2.37. The van der Waals surface area contributed by atoms with Crippen molar-refractivity contribution in [3.8, 4) is 0 Å². The summed E-state index contributed by atoms with van der Waals surface area (Å²) >= 11 is 0. The molecular weight excluding hydrogens is 288 g/mol. The second-order valence-corrected chi connectivity index (χ2v) is 7.39. The van der Waals surface area contributed by atoms with Crippen LogP contribution in [0.5, 0.6) is 0 Å². The number of piperidine rings is 1. The Morgan fingerprint density at radius 2 is 1.74 bits per heavy atom. The van der Waals surface area contributed by atoms with E-state index in [1.165, 1.54) is 50.0 Å². The van der Waals surface area contributed by atoms with Gasteiger partial charge in [0.05, 0.1) is 0 Å². The molecule has 3 heterocycles. The number of amides is 1. The molecule has 0 aromatic carbocycles. The van der Waals surface area contributed by atoms with Gasteiger partial charge in [-0.2, -0.15) is 5.10 Å². The van der Waals surface area contributed by atoms with Gasteiger partial charge in [0.1, 0.15) is 0 Å².